The number of hydrogen-bond acceptors (Lipinski definition) is 5. The number of carbonyl (C=O) groups is 1. The molecular weight excluding hydrogens is 340 g/mol. The average molecular weight is 354 g/mol. The van der Waals surface area contributed by atoms with Crippen LogP contribution >= 0.6 is 12.2 Å². The summed E-state index contributed by atoms with van der Waals surface area (Å²) in [5.41, 5.74) is 4.11. The van der Waals surface area contributed by atoms with Crippen LogP contribution in [0, 0.1) is 4.77 Å². The Labute approximate surface area is 147 Å². The van der Waals surface area contributed by atoms with Gasteiger partial charge in [-0.25, -0.2) is 10.1 Å². The van der Waals surface area contributed by atoms with Gasteiger partial charge in [0.1, 0.15) is 0 Å². The lowest BCUT2D eigenvalue weighted by atomic mass is 10.3. The van der Waals surface area contributed by atoms with Crippen molar-refractivity contribution in [1.29, 1.82) is 0 Å². The molecule has 0 bridgehead atoms. The molecule has 2 aromatic heterocycles. The smallest absolute Gasteiger partial charge is 0.251 e. The highest BCUT2D eigenvalue weighted by atomic mass is 32.1. The van der Waals surface area contributed by atoms with Gasteiger partial charge in [-0.15, -0.1) is 0 Å². The van der Waals surface area contributed by atoms with E-state index < -0.39 is 0 Å². The first-order valence-corrected chi connectivity index (χ1v) is 7.75. The number of aromatic amines is 2. The molecule has 1 amide bonds. The minimum Gasteiger partial charge on any atom is -0.335 e. The van der Waals surface area contributed by atoms with Gasteiger partial charge in [0, 0.05) is 23.5 Å². The molecule has 0 saturated carbocycles. The predicted octanol–water partition coefficient (Wildman–Crippen LogP) is 1.31. The van der Waals surface area contributed by atoms with Crippen molar-refractivity contribution in [2.24, 2.45) is 5.10 Å². The van der Waals surface area contributed by atoms with E-state index in [2.05, 4.69) is 25.6 Å². The Kier molecular flexibility index (Phi) is 4.95. The molecule has 0 aliphatic heterocycles. The first-order valence-electron chi connectivity index (χ1n) is 7.35. The average Bonchev–Trinajstić information content (AvgIpc) is 3.03. The van der Waals surface area contributed by atoms with Crippen LogP contribution < -0.4 is 11.0 Å². The van der Waals surface area contributed by atoms with E-state index in [1.807, 2.05) is 30.3 Å². The molecule has 126 valence electrons. The van der Waals surface area contributed by atoms with E-state index in [1.165, 1.54) is 12.3 Å². The fourth-order valence-corrected chi connectivity index (χ4v) is 2.36. The number of hydrogen-bond donors (Lipinski definition) is 3. The Morgan fingerprint density at radius 3 is 2.88 bits per heavy atom. The van der Waals surface area contributed by atoms with Gasteiger partial charge >= 0.3 is 0 Å². The molecule has 3 rings (SSSR count). The Hall–Kier alpha value is -3.33. The van der Waals surface area contributed by atoms with Crippen molar-refractivity contribution in [2.75, 3.05) is 0 Å². The highest BCUT2D eigenvalue weighted by Gasteiger charge is 2.04. The summed E-state index contributed by atoms with van der Waals surface area (Å²) in [4.78, 5) is 28.3. The van der Waals surface area contributed by atoms with Gasteiger partial charge in [-0.2, -0.15) is 10.2 Å². The Morgan fingerprint density at radius 2 is 2.12 bits per heavy atom. The molecule has 0 atom stereocenters. The quantitative estimate of drug-likeness (QED) is 0.365. The summed E-state index contributed by atoms with van der Waals surface area (Å²) in [5, 5.41) is 8.12. The number of hydrazone groups is 1. The molecule has 0 fully saturated rings. The molecule has 0 aliphatic rings. The van der Waals surface area contributed by atoms with Crippen LogP contribution in [-0.4, -0.2) is 31.9 Å². The van der Waals surface area contributed by atoms with E-state index >= 15 is 0 Å². The van der Waals surface area contributed by atoms with E-state index in [0.29, 0.717) is 5.69 Å². The third-order valence-electron chi connectivity index (χ3n) is 3.19. The van der Waals surface area contributed by atoms with Gasteiger partial charge in [-0.3, -0.25) is 14.6 Å². The maximum absolute atomic E-state index is 11.8. The lowest BCUT2D eigenvalue weighted by Gasteiger charge is -2.00. The number of aromatic nitrogens is 4. The Morgan fingerprint density at radius 1 is 1.32 bits per heavy atom. The first-order chi connectivity index (χ1) is 12.1. The number of nitrogens with one attached hydrogen (secondary N) is 3. The first kappa shape index (κ1) is 16.5. The van der Waals surface area contributed by atoms with Gasteiger partial charge in [0.25, 0.3) is 5.56 Å². The summed E-state index contributed by atoms with van der Waals surface area (Å²) in [6.07, 6.45) is 4.88. The number of carbonyl (C=O) groups excluding carboxylic acids is 1. The third kappa shape index (κ3) is 4.58. The van der Waals surface area contributed by atoms with Crippen molar-refractivity contribution in [2.45, 2.75) is 6.42 Å². The summed E-state index contributed by atoms with van der Waals surface area (Å²) in [6.45, 7) is 0. The SMILES string of the molecule is O=C(Cc1cc(=O)[nH]c(=S)[nH]1)N/N=C\c1cnn(-c2ccccc2)c1. The number of amides is 1. The largest absolute Gasteiger partial charge is 0.335 e. The molecule has 3 N–H and O–H groups in total. The van der Waals surface area contributed by atoms with Crippen molar-refractivity contribution in [3.8, 4) is 5.69 Å². The van der Waals surface area contributed by atoms with E-state index in [4.69, 9.17) is 12.2 Å². The van der Waals surface area contributed by atoms with Gasteiger partial charge in [0.05, 0.1) is 24.5 Å². The topological polar surface area (TPSA) is 108 Å². The summed E-state index contributed by atoms with van der Waals surface area (Å²) in [6, 6.07) is 10.9. The molecule has 9 heteroatoms. The van der Waals surface area contributed by atoms with Crippen LogP contribution in [0.15, 0.2) is 58.7 Å². The van der Waals surface area contributed by atoms with Crippen molar-refractivity contribution in [1.82, 2.24) is 25.2 Å². The fourth-order valence-electron chi connectivity index (χ4n) is 2.13. The van der Waals surface area contributed by atoms with Gasteiger partial charge in [0.2, 0.25) is 5.91 Å². The van der Waals surface area contributed by atoms with Crippen LogP contribution in [0.1, 0.15) is 11.3 Å². The minimum absolute atomic E-state index is 0.0336. The normalized spacial score (nSPS) is 10.9. The number of para-hydroxylation sites is 1. The number of rotatable bonds is 5. The molecule has 0 saturated heterocycles. The molecule has 25 heavy (non-hydrogen) atoms. The maximum Gasteiger partial charge on any atom is 0.251 e. The molecule has 0 aliphatic carbocycles. The monoisotopic (exact) mass is 354 g/mol. The van der Waals surface area contributed by atoms with Crippen LogP contribution in [0.25, 0.3) is 5.69 Å². The highest BCUT2D eigenvalue weighted by Crippen LogP contribution is 2.06. The van der Waals surface area contributed by atoms with Crippen LogP contribution in [0.5, 0.6) is 0 Å². The summed E-state index contributed by atoms with van der Waals surface area (Å²) in [7, 11) is 0. The Bertz CT molecular complexity index is 990. The van der Waals surface area contributed by atoms with Gasteiger partial charge in [0.15, 0.2) is 4.77 Å². The van der Waals surface area contributed by atoms with Crippen LogP contribution in [0.2, 0.25) is 0 Å². The number of benzene rings is 1. The third-order valence-corrected chi connectivity index (χ3v) is 3.40. The summed E-state index contributed by atoms with van der Waals surface area (Å²) >= 11 is 4.85. The molecule has 0 radical (unpaired) electrons. The molecule has 2 heterocycles. The number of nitrogens with zero attached hydrogens (tertiary/aromatic N) is 3. The van der Waals surface area contributed by atoms with Gasteiger partial charge in [-0.05, 0) is 24.4 Å². The van der Waals surface area contributed by atoms with Crippen LogP contribution in [-0.2, 0) is 11.2 Å². The molecule has 0 unspecified atom stereocenters. The summed E-state index contributed by atoms with van der Waals surface area (Å²) in [5.74, 6) is -0.372. The molecule has 3 aromatic rings. The predicted molar refractivity (Wildman–Crippen MR) is 95.3 cm³/mol. The van der Waals surface area contributed by atoms with Gasteiger partial charge in [-0.1, -0.05) is 18.2 Å². The van der Waals surface area contributed by atoms with Crippen LogP contribution in [0.3, 0.4) is 0 Å². The summed E-state index contributed by atoms with van der Waals surface area (Å²) < 4.78 is 1.88. The molecule has 8 nitrogen and oxygen atoms in total. The Balaban J connectivity index is 1.59. The zero-order chi connectivity index (χ0) is 17.6. The lowest BCUT2D eigenvalue weighted by molar-refractivity contribution is -0.120. The van der Waals surface area contributed by atoms with E-state index in [1.54, 1.807) is 17.1 Å². The fraction of sp³-hybridized carbons (Fsp3) is 0.0625. The highest BCUT2D eigenvalue weighted by molar-refractivity contribution is 7.71. The van der Waals surface area contributed by atoms with E-state index in [-0.39, 0.29) is 22.7 Å². The molecule has 0 spiro atoms. The standard InChI is InChI=1S/C16H14N6O2S/c23-14-6-12(19-16(25)20-14)7-15(24)21-17-8-11-9-18-22(10-11)13-4-2-1-3-5-13/h1-6,8-10H,7H2,(H,21,24)(H2,19,20,23,25)/b17-8-. The lowest BCUT2D eigenvalue weighted by Crippen LogP contribution is -2.21. The zero-order valence-electron chi connectivity index (χ0n) is 13.0. The van der Waals surface area contributed by atoms with Crippen molar-refractivity contribution < 1.29 is 4.79 Å². The number of H-pyrrole nitrogens is 2. The van der Waals surface area contributed by atoms with Gasteiger partial charge < -0.3 is 4.98 Å². The van der Waals surface area contributed by atoms with Crippen molar-refractivity contribution >= 4 is 24.3 Å². The second-order valence-corrected chi connectivity index (χ2v) is 5.54. The second-order valence-electron chi connectivity index (χ2n) is 5.14. The minimum atomic E-state index is -0.372. The van der Waals surface area contributed by atoms with E-state index in [9.17, 15) is 9.59 Å². The van der Waals surface area contributed by atoms with E-state index in [0.717, 1.165) is 11.3 Å². The van der Waals surface area contributed by atoms with Crippen molar-refractivity contribution in [3.63, 3.8) is 0 Å². The molecule has 1 aromatic carbocycles. The second kappa shape index (κ2) is 7.49. The van der Waals surface area contributed by atoms with Crippen LogP contribution in [0.4, 0.5) is 0 Å². The maximum atomic E-state index is 11.8. The molecular formula is C16H14N6O2S. The zero-order valence-corrected chi connectivity index (χ0v) is 13.8. The van der Waals surface area contributed by atoms with Crippen molar-refractivity contribution in [3.05, 3.63) is 75.2 Å².